The average Bonchev–Trinajstić information content (AvgIpc) is 3.01. The number of nitro groups is 1. The van der Waals surface area contributed by atoms with Crippen molar-refractivity contribution in [1.82, 2.24) is 0 Å². The number of benzene rings is 3. The number of carbonyl (C=O) groups excluding carboxylic acids is 1. The van der Waals surface area contributed by atoms with Gasteiger partial charge in [0.25, 0.3) is 21.6 Å². The second-order valence-corrected chi connectivity index (χ2v) is 9.61. The van der Waals surface area contributed by atoms with Gasteiger partial charge in [0.05, 0.1) is 9.82 Å². The second kappa shape index (κ2) is 9.03. The van der Waals surface area contributed by atoms with E-state index in [9.17, 15) is 23.3 Å². The lowest BCUT2D eigenvalue weighted by Crippen LogP contribution is -2.31. The molecule has 33 heavy (non-hydrogen) atoms. The number of anilines is 2. The summed E-state index contributed by atoms with van der Waals surface area (Å²) in [6, 6.07) is 17.8. The zero-order valence-corrected chi connectivity index (χ0v) is 18.8. The molecule has 3 aromatic rings. The molecular weight excluding hydrogens is 442 g/mol. The van der Waals surface area contributed by atoms with Gasteiger partial charge in [0, 0.05) is 35.1 Å². The van der Waals surface area contributed by atoms with Crippen molar-refractivity contribution in [3.05, 3.63) is 93.5 Å². The van der Waals surface area contributed by atoms with E-state index >= 15 is 0 Å². The monoisotopic (exact) mass is 465 g/mol. The van der Waals surface area contributed by atoms with Crippen molar-refractivity contribution in [3.63, 3.8) is 0 Å². The van der Waals surface area contributed by atoms with E-state index in [1.54, 1.807) is 24.0 Å². The van der Waals surface area contributed by atoms with Gasteiger partial charge >= 0.3 is 0 Å². The average molecular weight is 466 g/mol. The molecule has 1 N–H and O–H groups in total. The van der Waals surface area contributed by atoms with Crippen molar-refractivity contribution < 1.29 is 18.1 Å². The molecule has 0 radical (unpaired) electrons. The van der Waals surface area contributed by atoms with Crippen molar-refractivity contribution in [2.24, 2.45) is 0 Å². The fourth-order valence-corrected chi connectivity index (χ4v) is 4.98. The highest BCUT2D eigenvalue weighted by atomic mass is 32.2. The molecule has 1 aliphatic heterocycles. The fraction of sp³-hybridized carbons (Fsp3) is 0.208. The maximum atomic E-state index is 13.2. The molecular formula is C24H23N3O5S. The van der Waals surface area contributed by atoms with Crippen LogP contribution in [0.25, 0.3) is 0 Å². The Morgan fingerprint density at radius 3 is 2.48 bits per heavy atom. The number of rotatable bonds is 5. The predicted octanol–water partition coefficient (Wildman–Crippen LogP) is 4.69. The summed E-state index contributed by atoms with van der Waals surface area (Å²) in [6.07, 6.45) is 2.84. The van der Waals surface area contributed by atoms with Crippen molar-refractivity contribution in [2.45, 2.75) is 31.1 Å². The summed E-state index contributed by atoms with van der Waals surface area (Å²) < 4.78 is 27.9. The number of nitrogens with one attached hydrogen (secondary N) is 1. The van der Waals surface area contributed by atoms with Crippen LogP contribution in [0.1, 0.15) is 34.3 Å². The Morgan fingerprint density at radius 1 is 1.03 bits per heavy atom. The van der Waals surface area contributed by atoms with E-state index in [0.717, 1.165) is 36.6 Å². The summed E-state index contributed by atoms with van der Waals surface area (Å²) in [5.41, 5.74) is 2.85. The standard InChI is InChI=1S/C24H23N3O5S/c1-17-9-14-21(16-23(17)27(29)30)33(31,32)25-20-12-10-19(11-13-20)24(28)26-15-5-4-7-18-6-2-3-8-22(18)26/h2-3,6,8-14,16,25H,4-5,7,15H2,1H3. The molecule has 0 atom stereocenters. The molecule has 0 aromatic heterocycles. The topological polar surface area (TPSA) is 110 Å². The largest absolute Gasteiger partial charge is 0.308 e. The number of carbonyl (C=O) groups is 1. The molecule has 0 saturated heterocycles. The molecule has 0 bridgehead atoms. The summed E-state index contributed by atoms with van der Waals surface area (Å²) in [6.45, 7) is 2.16. The highest BCUT2D eigenvalue weighted by molar-refractivity contribution is 7.92. The van der Waals surface area contributed by atoms with E-state index in [0.29, 0.717) is 17.7 Å². The van der Waals surface area contributed by atoms with Gasteiger partial charge in [-0.15, -0.1) is 0 Å². The Labute approximate surface area is 192 Å². The third-order valence-corrected chi connectivity index (χ3v) is 7.06. The van der Waals surface area contributed by atoms with Gasteiger partial charge in [0.2, 0.25) is 0 Å². The van der Waals surface area contributed by atoms with Crippen LogP contribution in [0, 0.1) is 17.0 Å². The molecule has 8 nitrogen and oxygen atoms in total. The molecule has 4 rings (SSSR count). The van der Waals surface area contributed by atoms with Gasteiger partial charge in [0.1, 0.15) is 0 Å². The van der Waals surface area contributed by atoms with Crippen LogP contribution in [0.15, 0.2) is 71.6 Å². The number of hydrogen-bond donors (Lipinski definition) is 1. The summed E-state index contributed by atoms with van der Waals surface area (Å²) in [7, 11) is -4.03. The predicted molar refractivity (Wildman–Crippen MR) is 126 cm³/mol. The van der Waals surface area contributed by atoms with Crippen molar-refractivity contribution in [3.8, 4) is 0 Å². The Bertz CT molecular complexity index is 1320. The van der Waals surface area contributed by atoms with Crippen molar-refractivity contribution in [1.29, 1.82) is 0 Å². The van der Waals surface area contributed by atoms with Crippen molar-refractivity contribution >= 4 is 33.0 Å². The zero-order chi connectivity index (χ0) is 23.6. The SMILES string of the molecule is Cc1ccc(S(=O)(=O)Nc2ccc(C(=O)N3CCCCc4ccccc43)cc2)cc1[N+](=O)[O-]. The molecule has 9 heteroatoms. The van der Waals surface area contributed by atoms with Crippen LogP contribution in [-0.4, -0.2) is 25.8 Å². The number of fused-ring (bicyclic) bond motifs is 1. The summed E-state index contributed by atoms with van der Waals surface area (Å²) in [5.74, 6) is -0.145. The van der Waals surface area contributed by atoms with Gasteiger partial charge in [-0.3, -0.25) is 19.6 Å². The number of sulfonamides is 1. The Balaban J connectivity index is 1.55. The van der Waals surface area contributed by atoms with Crippen LogP contribution in [-0.2, 0) is 16.4 Å². The van der Waals surface area contributed by atoms with Crippen LogP contribution >= 0.6 is 0 Å². The van der Waals surface area contributed by atoms with Crippen LogP contribution in [0.5, 0.6) is 0 Å². The lowest BCUT2D eigenvalue weighted by molar-refractivity contribution is -0.385. The molecule has 0 unspecified atom stereocenters. The number of amides is 1. The van der Waals surface area contributed by atoms with E-state index in [4.69, 9.17) is 0 Å². The Hall–Kier alpha value is -3.72. The van der Waals surface area contributed by atoms with E-state index < -0.39 is 14.9 Å². The van der Waals surface area contributed by atoms with Crippen LogP contribution in [0.4, 0.5) is 17.1 Å². The zero-order valence-electron chi connectivity index (χ0n) is 18.0. The molecule has 0 spiro atoms. The summed E-state index contributed by atoms with van der Waals surface area (Å²) in [4.78, 5) is 25.3. The van der Waals surface area contributed by atoms with Gasteiger partial charge in [-0.25, -0.2) is 8.42 Å². The minimum absolute atomic E-state index is 0.145. The first-order valence-electron chi connectivity index (χ1n) is 10.5. The lowest BCUT2D eigenvalue weighted by Gasteiger charge is -2.23. The number of para-hydroxylation sites is 1. The number of aryl methyl sites for hydroxylation is 2. The van der Waals surface area contributed by atoms with E-state index in [-0.39, 0.29) is 22.2 Å². The molecule has 0 saturated carbocycles. The fourth-order valence-electron chi connectivity index (χ4n) is 3.91. The molecule has 0 aliphatic carbocycles. The Morgan fingerprint density at radius 2 is 1.76 bits per heavy atom. The first kappa shape index (κ1) is 22.5. The number of nitro benzene ring substituents is 1. The summed E-state index contributed by atoms with van der Waals surface area (Å²) >= 11 is 0. The molecule has 3 aromatic carbocycles. The van der Waals surface area contributed by atoms with Gasteiger partial charge in [0.15, 0.2) is 0 Å². The molecule has 1 heterocycles. The number of nitrogens with zero attached hydrogens (tertiary/aromatic N) is 2. The second-order valence-electron chi connectivity index (χ2n) is 7.93. The first-order chi connectivity index (χ1) is 15.8. The lowest BCUT2D eigenvalue weighted by atomic mass is 10.1. The Kier molecular flexibility index (Phi) is 6.15. The normalized spacial score (nSPS) is 13.7. The van der Waals surface area contributed by atoms with Gasteiger partial charge < -0.3 is 4.90 Å². The van der Waals surface area contributed by atoms with Gasteiger partial charge in [-0.1, -0.05) is 24.3 Å². The minimum Gasteiger partial charge on any atom is -0.308 e. The number of hydrogen-bond acceptors (Lipinski definition) is 5. The third-order valence-electron chi connectivity index (χ3n) is 5.68. The minimum atomic E-state index is -4.03. The van der Waals surface area contributed by atoms with Crippen molar-refractivity contribution in [2.75, 3.05) is 16.2 Å². The third kappa shape index (κ3) is 4.73. The van der Waals surface area contributed by atoms with E-state index in [1.807, 2.05) is 24.3 Å². The highest BCUT2D eigenvalue weighted by Gasteiger charge is 2.23. The molecule has 1 amide bonds. The quantitative estimate of drug-likeness (QED) is 0.434. The summed E-state index contributed by atoms with van der Waals surface area (Å²) in [5, 5.41) is 11.1. The maximum absolute atomic E-state index is 13.2. The first-order valence-corrected chi connectivity index (χ1v) is 12.0. The van der Waals surface area contributed by atoms with Gasteiger partial charge in [-0.2, -0.15) is 0 Å². The smallest absolute Gasteiger partial charge is 0.273 e. The van der Waals surface area contributed by atoms with Crippen LogP contribution in [0.2, 0.25) is 0 Å². The molecule has 170 valence electrons. The highest BCUT2D eigenvalue weighted by Crippen LogP contribution is 2.28. The van der Waals surface area contributed by atoms with E-state index in [1.165, 1.54) is 24.3 Å². The van der Waals surface area contributed by atoms with Crippen LogP contribution < -0.4 is 9.62 Å². The van der Waals surface area contributed by atoms with Gasteiger partial charge in [-0.05, 0) is 68.1 Å². The van der Waals surface area contributed by atoms with E-state index in [2.05, 4.69) is 4.72 Å². The molecule has 1 aliphatic rings. The maximum Gasteiger partial charge on any atom is 0.273 e. The van der Waals surface area contributed by atoms with Crippen LogP contribution in [0.3, 0.4) is 0 Å². The molecule has 0 fully saturated rings.